The fourth-order valence-electron chi connectivity index (χ4n) is 0.589. The van der Waals surface area contributed by atoms with Crippen LogP contribution < -0.4 is 5.73 Å². The summed E-state index contributed by atoms with van der Waals surface area (Å²) in [6, 6.07) is 10.0. The van der Waals surface area contributed by atoms with E-state index in [9.17, 15) is 0 Å². The van der Waals surface area contributed by atoms with Crippen LogP contribution in [0.3, 0.4) is 0 Å². The summed E-state index contributed by atoms with van der Waals surface area (Å²) < 4.78 is 0. The van der Waals surface area contributed by atoms with Crippen molar-refractivity contribution >= 4 is 6.08 Å². The number of hydrogen-bond acceptors (Lipinski definition) is 1. The highest BCUT2D eigenvalue weighted by molar-refractivity contribution is 5.45. The Bertz CT molecular complexity index is 179. The summed E-state index contributed by atoms with van der Waals surface area (Å²) in [5.74, 6) is 0. The monoisotopic (exact) mass is 149 g/mol. The lowest BCUT2D eigenvalue weighted by Gasteiger charge is -1.85. The Labute approximate surface area is 68.5 Å². The Kier molecular flexibility index (Phi) is 6.34. The van der Waals surface area contributed by atoms with E-state index in [0.29, 0.717) is 0 Å². The Morgan fingerprint density at radius 2 is 1.82 bits per heavy atom. The van der Waals surface area contributed by atoms with Crippen molar-refractivity contribution in [2.75, 3.05) is 6.54 Å². The van der Waals surface area contributed by atoms with Gasteiger partial charge in [0.25, 0.3) is 0 Å². The van der Waals surface area contributed by atoms with Crippen molar-refractivity contribution in [1.82, 2.24) is 0 Å². The van der Waals surface area contributed by atoms with E-state index in [4.69, 9.17) is 5.73 Å². The van der Waals surface area contributed by atoms with Crippen LogP contribution in [0.1, 0.15) is 12.5 Å². The SMILES string of the molecule is C=Cc1ccccc1.CCN. The lowest BCUT2D eigenvalue weighted by atomic mass is 10.2. The normalized spacial score (nSPS) is 7.82. The van der Waals surface area contributed by atoms with Crippen LogP contribution in [-0.2, 0) is 0 Å². The molecule has 0 aliphatic heterocycles. The van der Waals surface area contributed by atoms with E-state index in [1.54, 1.807) is 0 Å². The van der Waals surface area contributed by atoms with E-state index in [-0.39, 0.29) is 0 Å². The van der Waals surface area contributed by atoms with Gasteiger partial charge in [-0.05, 0) is 12.1 Å². The third kappa shape index (κ3) is 5.37. The van der Waals surface area contributed by atoms with E-state index in [0.717, 1.165) is 6.54 Å². The second-order valence-corrected chi connectivity index (χ2v) is 2.02. The Morgan fingerprint density at radius 3 is 2.09 bits per heavy atom. The molecule has 1 rings (SSSR count). The number of benzene rings is 1. The summed E-state index contributed by atoms with van der Waals surface area (Å²) in [4.78, 5) is 0. The van der Waals surface area contributed by atoms with Crippen LogP contribution in [0, 0.1) is 0 Å². The van der Waals surface area contributed by atoms with Crippen LogP contribution in [0.2, 0.25) is 0 Å². The fourth-order valence-corrected chi connectivity index (χ4v) is 0.589. The summed E-state index contributed by atoms with van der Waals surface area (Å²) in [5.41, 5.74) is 6.02. The second-order valence-electron chi connectivity index (χ2n) is 2.02. The minimum Gasteiger partial charge on any atom is -0.331 e. The van der Waals surface area contributed by atoms with Crippen molar-refractivity contribution in [3.8, 4) is 0 Å². The molecule has 1 aromatic rings. The Balaban J connectivity index is 0.000000292. The van der Waals surface area contributed by atoms with Crippen LogP contribution in [0.25, 0.3) is 6.08 Å². The molecule has 1 nitrogen and oxygen atoms in total. The molecular weight excluding hydrogens is 134 g/mol. The third-order valence-electron chi connectivity index (χ3n) is 1.04. The molecule has 0 saturated heterocycles. The average molecular weight is 149 g/mol. The molecule has 1 aromatic carbocycles. The molecule has 0 spiro atoms. The van der Waals surface area contributed by atoms with Gasteiger partial charge in [0.1, 0.15) is 0 Å². The average Bonchev–Trinajstić information content (AvgIpc) is 2.08. The summed E-state index contributed by atoms with van der Waals surface area (Å²) in [6.07, 6.45) is 1.83. The third-order valence-corrected chi connectivity index (χ3v) is 1.04. The topological polar surface area (TPSA) is 26.0 Å². The van der Waals surface area contributed by atoms with Crippen LogP contribution in [0.15, 0.2) is 36.9 Å². The van der Waals surface area contributed by atoms with Gasteiger partial charge in [0, 0.05) is 0 Å². The predicted molar refractivity (Wildman–Crippen MR) is 51.3 cm³/mol. The van der Waals surface area contributed by atoms with E-state index in [2.05, 4.69) is 6.58 Å². The molecule has 0 aliphatic carbocycles. The molecule has 0 aliphatic rings. The van der Waals surface area contributed by atoms with Gasteiger partial charge in [0.2, 0.25) is 0 Å². The molecule has 1 heteroatoms. The van der Waals surface area contributed by atoms with Gasteiger partial charge >= 0.3 is 0 Å². The molecule has 0 amide bonds. The van der Waals surface area contributed by atoms with Crippen molar-refractivity contribution in [3.05, 3.63) is 42.5 Å². The Morgan fingerprint density at radius 1 is 1.36 bits per heavy atom. The van der Waals surface area contributed by atoms with Crippen molar-refractivity contribution in [3.63, 3.8) is 0 Å². The highest BCUT2D eigenvalue weighted by Gasteiger charge is 1.75. The molecule has 0 atom stereocenters. The highest BCUT2D eigenvalue weighted by atomic mass is 14.5. The van der Waals surface area contributed by atoms with Gasteiger partial charge < -0.3 is 5.73 Å². The van der Waals surface area contributed by atoms with Gasteiger partial charge in [-0.1, -0.05) is 49.9 Å². The van der Waals surface area contributed by atoms with E-state index < -0.39 is 0 Å². The standard InChI is InChI=1S/C8H8.C2H7N/c1-2-8-6-4-3-5-7-8;1-2-3/h2-7H,1H2;2-3H2,1H3. The first kappa shape index (κ1) is 9.92. The second kappa shape index (κ2) is 7.03. The first-order valence-corrected chi connectivity index (χ1v) is 3.72. The molecule has 11 heavy (non-hydrogen) atoms. The zero-order valence-electron chi connectivity index (χ0n) is 6.96. The van der Waals surface area contributed by atoms with Crippen LogP contribution in [-0.4, -0.2) is 6.54 Å². The van der Waals surface area contributed by atoms with E-state index in [1.807, 2.05) is 43.3 Å². The van der Waals surface area contributed by atoms with Crippen LogP contribution in [0.5, 0.6) is 0 Å². The van der Waals surface area contributed by atoms with Crippen molar-refractivity contribution in [1.29, 1.82) is 0 Å². The lowest BCUT2D eigenvalue weighted by molar-refractivity contribution is 1.14. The van der Waals surface area contributed by atoms with Gasteiger partial charge in [-0.15, -0.1) is 0 Å². The van der Waals surface area contributed by atoms with Gasteiger partial charge in [0.15, 0.2) is 0 Å². The minimum atomic E-state index is 0.750. The quantitative estimate of drug-likeness (QED) is 0.651. The van der Waals surface area contributed by atoms with Gasteiger partial charge in [-0.3, -0.25) is 0 Å². The Hall–Kier alpha value is -1.08. The number of hydrogen-bond donors (Lipinski definition) is 1. The molecule has 0 radical (unpaired) electrons. The van der Waals surface area contributed by atoms with E-state index in [1.165, 1.54) is 5.56 Å². The van der Waals surface area contributed by atoms with Crippen molar-refractivity contribution in [2.45, 2.75) is 6.92 Å². The zero-order valence-corrected chi connectivity index (χ0v) is 6.96. The first-order valence-electron chi connectivity index (χ1n) is 3.72. The summed E-state index contributed by atoms with van der Waals surface area (Å²) in [5, 5.41) is 0. The predicted octanol–water partition coefficient (Wildman–Crippen LogP) is 2.29. The maximum Gasteiger partial charge on any atom is -0.0106 e. The maximum absolute atomic E-state index is 4.85. The molecule has 60 valence electrons. The van der Waals surface area contributed by atoms with E-state index >= 15 is 0 Å². The fraction of sp³-hybridized carbons (Fsp3) is 0.200. The summed E-state index contributed by atoms with van der Waals surface area (Å²) in [7, 11) is 0. The molecule has 0 unspecified atom stereocenters. The lowest BCUT2D eigenvalue weighted by Crippen LogP contribution is -1.87. The molecule has 0 bridgehead atoms. The zero-order chi connectivity index (χ0) is 8.53. The number of nitrogens with two attached hydrogens (primary N) is 1. The minimum absolute atomic E-state index is 0.750. The maximum atomic E-state index is 4.85. The molecule has 2 N–H and O–H groups in total. The van der Waals surface area contributed by atoms with Gasteiger partial charge in [-0.2, -0.15) is 0 Å². The van der Waals surface area contributed by atoms with Crippen LogP contribution >= 0.6 is 0 Å². The molecular formula is C10H15N. The summed E-state index contributed by atoms with van der Waals surface area (Å²) >= 11 is 0. The largest absolute Gasteiger partial charge is 0.331 e. The van der Waals surface area contributed by atoms with Crippen LogP contribution in [0.4, 0.5) is 0 Å². The summed E-state index contributed by atoms with van der Waals surface area (Å²) in [6.45, 7) is 6.28. The van der Waals surface area contributed by atoms with Gasteiger partial charge in [0.05, 0.1) is 0 Å². The smallest absolute Gasteiger partial charge is 0.0106 e. The van der Waals surface area contributed by atoms with Crippen molar-refractivity contribution in [2.24, 2.45) is 5.73 Å². The first-order chi connectivity index (χ1) is 5.35. The molecule has 0 heterocycles. The molecule has 0 fully saturated rings. The highest BCUT2D eigenvalue weighted by Crippen LogP contribution is 1.97. The van der Waals surface area contributed by atoms with Crippen molar-refractivity contribution < 1.29 is 0 Å². The van der Waals surface area contributed by atoms with Gasteiger partial charge in [-0.25, -0.2) is 0 Å². The number of rotatable bonds is 1. The molecule has 0 saturated carbocycles. The molecule has 0 aromatic heterocycles.